The number of fused-ring (bicyclic) bond motifs is 2. The smallest absolute Gasteiger partial charge is 0.159 e. The van der Waals surface area contributed by atoms with Crippen LogP contribution < -0.4 is 0 Å². The number of rotatable bonds is 1. The van der Waals surface area contributed by atoms with Crippen molar-refractivity contribution in [1.29, 1.82) is 0 Å². The van der Waals surface area contributed by atoms with Gasteiger partial charge in [-0.3, -0.25) is 0 Å². The van der Waals surface area contributed by atoms with Gasteiger partial charge in [0.2, 0.25) is 0 Å². The van der Waals surface area contributed by atoms with Gasteiger partial charge in [-0.2, -0.15) is 0 Å². The molecule has 0 aliphatic rings. The Balaban J connectivity index is 1.91. The lowest BCUT2D eigenvalue weighted by Gasteiger charge is -2.03. The van der Waals surface area contributed by atoms with Crippen molar-refractivity contribution in [2.24, 2.45) is 0 Å². The molecule has 0 spiro atoms. The van der Waals surface area contributed by atoms with Gasteiger partial charge in [0.15, 0.2) is 5.82 Å². The quantitative estimate of drug-likeness (QED) is 0.526. The molecule has 4 rings (SSSR count). The van der Waals surface area contributed by atoms with Gasteiger partial charge in [0.05, 0.1) is 11.0 Å². The third-order valence-electron chi connectivity index (χ3n) is 3.25. The molecule has 0 atom stereocenters. The average molecular weight is 258 g/mol. The van der Waals surface area contributed by atoms with E-state index in [2.05, 4.69) is 19.9 Å². The van der Waals surface area contributed by atoms with E-state index in [-0.39, 0.29) is 0 Å². The first kappa shape index (κ1) is 11.0. The topological polar surface area (TPSA) is 51.6 Å². The maximum absolute atomic E-state index is 4.60. The first-order valence-corrected chi connectivity index (χ1v) is 6.32. The molecule has 2 heterocycles. The summed E-state index contributed by atoms with van der Waals surface area (Å²) in [6.07, 6.45) is 5.20. The van der Waals surface area contributed by atoms with Crippen LogP contribution in [0.25, 0.3) is 33.2 Å². The van der Waals surface area contributed by atoms with E-state index < -0.39 is 0 Å². The van der Waals surface area contributed by atoms with Crippen LogP contribution in [0.1, 0.15) is 0 Å². The molecule has 2 aromatic heterocycles. The maximum atomic E-state index is 4.60. The van der Waals surface area contributed by atoms with Crippen LogP contribution in [0.2, 0.25) is 0 Å². The molecule has 0 N–H and O–H groups in total. The molecule has 4 nitrogen and oxygen atoms in total. The third-order valence-corrected chi connectivity index (χ3v) is 3.25. The van der Waals surface area contributed by atoms with E-state index in [1.165, 1.54) is 0 Å². The molecule has 0 saturated carbocycles. The van der Waals surface area contributed by atoms with Crippen LogP contribution in [0.15, 0.2) is 61.2 Å². The third kappa shape index (κ3) is 1.78. The fourth-order valence-electron chi connectivity index (χ4n) is 2.23. The number of benzene rings is 2. The Labute approximate surface area is 115 Å². The SMILES string of the molecule is c1ccc2nc(-c3ccc4ncncc4c3)ncc2c1. The summed E-state index contributed by atoms with van der Waals surface area (Å²) in [5.41, 5.74) is 2.84. The molecule has 0 unspecified atom stereocenters. The largest absolute Gasteiger partial charge is 0.244 e. The predicted octanol–water partition coefficient (Wildman–Crippen LogP) is 3.24. The lowest BCUT2D eigenvalue weighted by atomic mass is 10.1. The summed E-state index contributed by atoms with van der Waals surface area (Å²) in [6, 6.07) is 13.9. The summed E-state index contributed by atoms with van der Waals surface area (Å²) >= 11 is 0. The van der Waals surface area contributed by atoms with Crippen LogP contribution in [0.3, 0.4) is 0 Å². The first-order valence-electron chi connectivity index (χ1n) is 6.32. The zero-order chi connectivity index (χ0) is 13.4. The van der Waals surface area contributed by atoms with E-state index in [0.29, 0.717) is 0 Å². The second-order valence-electron chi connectivity index (χ2n) is 4.55. The molecule has 20 heavy (non-hydrogen) atoms. The minimum Gasteiger partial charge on any atom is -0.244 e. The van der Waals surface area contributed by atoms with E-state index in [4.69, 9.17) is 0 Å². The zero-order valence-corrected chi connectivity index (χ0v) is 10.6. The van der Waals surface area contributed by atoms with Gasteiger partial charge in [-0.1, -0.05) is 18.2 Å². The van der Waals surface area contributed by atoms with Crippen LogP contribution in [-0.4, -0.2) is 19.9 Å². The van der Waals surface area contributed by atoms with Crippen molar-refractivity contribution in [3.8, 4) is 11.4 Å². The molecule has 0 fully saturated rings. The van der Waals surface area contributed by atoms with Crippen LogP contribution in [-0.2, 0) is 0 Å². The molecule has 0 aliphatic heterocycles. The summed E-state index contributed by atoms with van der Waals surface area (Å²) in [4.78, 5) is 17.3. The molecule has 0 radical (unpaired) electrons. The number of hydrogen-bond acceptors (Lipinski definition) is 4. The highest BCUT2D eigenvalue weighted by Crippen LogP contribution is 2.21. The second kappa shape index (κ2) is 4.35. The van der Waals surface area contributed by atoms with E-state index in [1.54, 1.807) is 12.5 Å². The Morgan fingerprint density at radius 2 is 1.70 bits per heavy atom. The molecule has 0 aliphatic carbocycles. The van der Waals surface area contributed by atoms with E-state index in [1.807, 2.05) is 48.7 Å². The monoisotopic (exact) mass is 258 g/mol. The van der Waals surface area contributed by atoms with E-state index >= 15 is 0 Å². The summed E-state index contributed by atoms with van der Waals surface area (Å²) in [6.45, 7) is 0. The maximum Gasteiger partial charge on any atom is 0.159 e. The van der Waals surface area contributed by atoms with Crippen LogP contribution in [0.4, 0.5) is 0 Å². The van der Waals surface area contributed by atoms with Crippen molar-refractivity contribution in [2.45, 2.75) is 0 Å². The van der Waals surface area contributed by atoms with Crippen molar-refractivity contribution >= 4 is 21.8 Å². The van der Waals surface area contributed by atoms with Gasteiger partial charge in [-0.05, 0) is 24.3 Å². The number of aromatic nitrogens is 4. The van der Waals surface area contributed by atoms with Crippen molar-refractivity contribution in [1.82, 2.24) is 19.9 Å². The zero-order valence-electron chi connectivity index (χ0n) is 10.6. The summed E-state index contributed by atoms with van der Waals surface area (Å²) in [5, 5.41) is 2.03. The normalized spacial score (nSPS) is 11.0. The minimum atomic E-state index is 0.717. The van der Waals surface area contributed by atoms with Gasteiger partial charge < -0.3 is 0 Å². The van der Waals surface area contributed by atoms with Crippen molar-refractivity contribution < 1.29 is 0 Å². The van der Waals surface area contributed by atoms with Crippen LogP contribution in [0.5, 0.6) is 0 Å². The molecule has 4 heteroatoms. The molecule has 0 saturated heterocycles. The molecular weight excluding hydrogens is 248 g/mol. The Hall–Kier alpha value is -2.88. The Morgan fingerprint density at radius 3 is 2.70 bits per heavy atom. The van der Waals surface area contributed by atoms with E-state index in [9.17, 15) is 0 Å². The van der Waals surface area contributed by atoms with Gasteiger partial charge in [-0.25, -0.2) is 19.9 Å². The first-order chi connectivity index (χ1) is 9.90. The van der Waals surface area contributed by atoms with Crippen LogP contribution in [0, 0.1) is 0 Å². The highest BCUT2D eigenvalue weighted by molar-refractivity contribution is 5.84. The van der Waals surface area contributed by atoms with Crippen molar-refractivity contribution in [2.75, 3.05) is 0 Å². The van der Waals surface area contributed by atoms with Gasteiger partial charge >= 0.3 is 0 Å². The molecule has 0 bridgehead atoms. The van der Waals surface area contributed by atoms with Gasteiger partial charge in [0.1, 0.15) is 6.33 Å². The Morgan fingerprint density at radius 1 is 0.750 bits per heavy atom. The molecule has 2 aromatic carbocycles. The summed E-state index contributed by atoms with van der Waals surface area (Å²) < 4.78 is 0. The summed E-state index contributed by atoms with van der Waals surface area (Å²) in [5.74, 6) is 0.717. The molecule has 0 amide bonds. The minimum absolute atomic E-state index is 0.717. The fraction of sp³-hybridized carbons (Fsp3) is 0. The van der Waals surface area contributed by atoms with Gasteiger partial charge in [0.25, 0.3) is 0 Å². The predicted molar refractivity (Wildman–Crippen MR) is 78.1 cm³/mol. The molecular formula is C16H10N4. The highest BCUT2D eigenvalue weighted by atomic mass is 14.9. The number of nitrogens with zero attached hydrogens (tertiary/aromatic N) is 4. The van der Waals surface area contributed by atoms with Crippen LogP contribution >= 0.6 is 0 Å². The second-order valence-corrected chi connectivity index (χ2v) is 4.55. The number of hydrogen-bond donors (Lipinski definition) is 0. The van der Waals surface area contributed by atoms with E-state index in [0.717, 1.165) is 33.2 Å². The highest BCUT2D eigenvalue weighted by Gasteiger charge is 2.04. The molecule has 94 valence electrons. The van der Waals surface area contributed by atoms with Crippen molar-refractivity contribution in [3.05, 3.63) is 61.2 Å². The lowest BCUT2D eigenvalue weighted by molar-refractivity contribution is 1.21. The lowest BCUT2D eigenvalue weighted by Crippen LogP contribution is -1.90. The van der Waals surface area contributed by atoms with Gasteiger partial charge in [-0.15, -0.1) is 0 Å². The standard InChI is InChI=1S/C16H10N4/c1-2-4-15-12(3-1)9-18-16(20-15)11-5-6-14-13(7-11)8-17-10-19-14/h1-10H. The number of para-hydroxylation sites is 1. The summed E-state index contributed by atoms with van der Waals surface area (Å²) in [7, 11) is 0. The molecule has 4 aromatic rings. The Bertz CT molecular complexity index is 841. The fourth-order valence-corrected chi connectivity index (χ4v) is 2.23. The van der Waals surface area contributed by atoms with Crippen molar-refractivity contribution in [3.63, 3.8) is 0 Å². The average Bonchev–Trinajstić information content (AvgIpc) is 2.54. The van der Waals surface area contributed by atoms with Gasteiger partial charge in [0, 0.05) is 28.7 Å². The Kier molecular flexibility index (Phi) is 2.39.